The number of nitriles is 1. The molecule has 5 nitrogen and oxygen atoms in total. The molecule has 34 heavy (non-hydrogen) atoms. The Balaban J connectivity index is 1.52. The third-order valence-electron chi connectivity index (χ3n) is 6.32. The van der Waals surface area contributed by atoms with Gasteiger partial charge in [0.05, 0.1) is 28.3 Å². The zero-order valence-electron chi connectivity index (χ0n) is 18.6. The molecule has 174 valence electrons. The number of pyridine rings is 2. The molecule has 1 saturated heterocycles. The Morgan fingerprint density at radius 1 is 1.12 bits per heavy atom. The average Bonchev–Trinajstić information content (AvgIpc) is 2.85. The van der Waals surface area contributed by atoms with E-state index in [1.807, 2.05) is 0 Å². The van der Waals surface area contributed by atoms with E-state index in [1.54, 1.807) is 47.8 Å². The number of alkyl halides is 2. The van der Waals surface area contributed by atoms with Crippen LogP contribution in [0.25, 0.3) is 11.3 Å². The Labute approximate surface area is 195 Å². The molecule has 0 bridgehead atoms. The van der Waals surface area contributed by atoms with Gasteiger partial charge >= 0.3 is 0 Å². The van der Waals surface area contributed by atoms with Gasteiger partial charge in [0.15, 0.2) is 0 Å². The van der Waals surface area contributed by atoms with E-state index in [-0.39, 0.29) is 17.9 Å². The second kappa shape index (κ2) is 9.26. The lowest BCUT2D eigenvalue weighted by Crippen LogP contribution is -2.43. The van der Waals surface area contributed by atoms with Crippen molar-refractivity contribution in [3.63, 3.8) is 0 Å². The number of likely N-dealkylation sites (tertiary alicyclic amines) is 1. The van der Waals surface area contributed by atoms with Crippen LogP contribution in [0.2, 0.25) is 0 Å². The highest BCUT2D eigenvalue weighted by Crippen LogP contribution is 2.38. The maximum absolute atomic E-state index is 14.8. The van der Waals surface area contributed by atoms with Crippen LogP contribution in [0.1, 0.15) is 41.3 Å². The molecule has 2 aromatic heterocycles. The minimum absolute atomic E-state index is 0.0104. The molecule has 1 aliphatic rings. The molecule has 4 rings (SSSR count). The van der Waals surface area contributed by atoms with Crippen LogP contribution in [0.15, 0.2) is 61.1 Å². The van der Waals surface area contributed by atoms with Crippen LogP contribution in [0.5, 0.6) is 0 Å². The molecule has 0 aliphatic carbocycles. The standard InChI is InChI=1S/C26H23F3N4O/c1-25(28,29)21-6-2-4-19(22(21)27)16-26(17-30)9-14-33(15-10-26)24(34)20-5-3-11-32-23(20)18-7-12-31-13-8-18/h2-8,11-13H,9-10,14-16H2,1H3. The lowest BCUT2D eigenvalue weighted by atomic mass is 9.74. The van der Waals surface area contributed by atoms with Gasteiger partial charge in [-0.05, 0) is 49.1 Å². The van der Waals surface area contributed by atoms with Crippen molar-refractivity contribution in [1.29, 1.82) is 5.26 Å². The Hall–Kier alpha value is -3.73. The van der Waals surface area contributed by atoms with Crippen molar-refractivity contribution in [1.82, 2.24) is 14.9 Å². The van der Waals surface area contributed by atoms with Crippen molar-refractivity contribution in [2.45, 2.75) is 32.1 Å². The van der Waals surface area contributed by atoms with E-state index in [4.69, 9.17) is 0 Å². The van der Waals surface area contributed by atoms with E-state index in [0.717, 1.165) is 11.6 Å². The molecule has 0 N–H and O–H groups in total. The first-order chi connectivity index (χ1) is 16.2. The monoisotopic (exact) mass is 464 g/mol. The van der Waals surface area contributed by atoms with E-state index in [9.17, 15) is 23.2 Å². The van der Waals surface area contributed by atoms with Crippen LogP contribution < -0.4 is 0 Å². The average molecular weight is 464 g/mol. The number of nitrogens with zero attached hydrogens (tertiary/aromatic N) is 4. The molecule has 3 heterocycles. The highest BCUT2D eigenvalue weighted by molar-refractivity contribution is 5.99. The van der Waals surface area contributed by atoms with E-state index in [1.165, 1.54) is 12.1 Å². The van der Waals surface area contributed by atoms with Gasteiger partial charge in [-0.25, -0.2) is 13.2 Å². The van der Waals surface area contributed by atoms with Crippen LogP contribution in [0, 0.1) is 22.6 Å². The van der Waals surface area contributed by atoms with Crippen molar-refractivity contribution < 1.29 is 18.0 Å². The zero-order chi connectivity index (χ0) is 24.3. The molecule has 8 heteroatoms. The fourth-order valence-corrected chi connectivity index (χ4v) is 4.37. The van der Waals surface area contributed by atoms with Gasteiger partial charge in [-0.3, -0.25) is 14.8 Å². The minimum Gasteiger partial charge on any atom is -0.338 e. The minimum atomic E-state index is -3.31. The zero-order valence-corrected chi connectivity index (χ0v) is 18.6. The number of amides is 1. The molecular formula is C26H23F3N4O. The Morgan fingerprint density at radius 3 is 2.47 bits per heavy atom. The smallest absolute Gasteiger partial charge is 0.273 e. The lowest BCUT2D eigenvalue weighted by molar-refractivity contribution is 0.0134. The SMILES string of the molecule is CC(F)(F)c1cccc(CC2(C#N)CCN(C(=O)c3cccnc3-c3ccncc3)CC2)c1F. The van der Waals surface area contributed by atoms with Crippen molar-refractivity contribution in [3.05, 3.63) is 83.6 Å². The Bertz CT molecular complexity index is 1230. The molecule has 3 aromatic rings. The number of rotatable bonds is 5. The number of piperidine rings is 1. The highest BCUT2D eigenvalue weighted by atomic mass is 19.3. The number of carbonyl (C=O) groups is 1. The molecule has 1 aliphatic heterocycles. The van der Waals surface area contributed by atoms with Crippen LogP contribution in [-0.4, -0.2) is 33.9 Å². The number of halogens is 3. The summed E-state index contributed by atoms with van der Waals surface area (Å²) in [6, 6.07) is 13.1. The Morgan fingerprint density at radius 2 is 1.82 bits per heavy atom. The second-order valence-electron chi connectivity index (χ2n) is 8.66. The summed E-state index contributed by atoms with van der Waals surface area (Å²) >= 11 is 0. The van der Waals surface area contributed by atoms with Crippen LogP contribution in [0.4, 0.5) is 13.2 Å². The van der Waals surface area contributed by atoms with Crippen molar-refractivity contribution >= 4 is 5.91 Å². The van der Waals surface area contributed by atoms with Gasteiger partial charge in [-0.1, -0.05) is 18.2 Å². The van der Waals surface area contributed by atoms with Gasteiger partial charge < -0.3 is 4.90 Å². The highest BCUT2D eigenvalue weighted by Gasteiger charge is 2.38. The molecule has 1 amide bonds. The fraction of sp³-hybridized carbons (Fsp3) is 0.308. The summed E-state index contributed by atoms with van der Waals surface area (Å²) in [5.74, 6) is -4.49. The lowest BCUT2D eigenvalue weighted by Gasteiger charge is -2.37. The van der Waals surface area contributed by atoms with Gasteiger partial charge in [-0.15, -0.1) is 0 Å². The number of aromatic nitrogens is 2. The van der Waals surface area contributed by atoms with Crippen molar-refractivity contribution in [2.75, 3.05) is 13.1 Å². The second-order valence-corrected chi connectivity index (χ2v) is 8.66. The van der Waals surface area contributed by atoms with Gasteiger partial charge in [-0.2, -0.15) is 5.26 Å². The first kappa shape index (κ1) is 23.4. The van der Waals surface area contributed by atoms with E-state index in [0.29, 0.717) is 44.1 Å². The first-order valence-electron chi connectivity index (χ1n) is 11.0. The molecule has 0 spiro atoms. The maximum atomic E-state index is 14.8. The van der Waals surface area contributed by atoms with Gasteiger partial charge in [0.1, 0.15) is 5.82 Å². The summed E-state index contributed by atoms with van der Waals surface area (Å²) in [4.78, 5) is 23.3. The normalized spacial score (nSPS) is 15.6. The third-order valence-corrected chi connectivity index (χ3v) is 6.32. The predicted molar refractivity (Wildman–Crippen MR) is 120 cm³/mol. The van der Waals surface area contributed by atoms with Crippen LogP contribution in [-0.2, 0) is 12.3 Å². The predicted octanol–water partition coefficient (Wildman–Crippen LogP) is 5.38. The molecule has 1 aromatic carbocycles. The van der Waals surface area contributed by atoms with E-state index < -0.39 is 22.7 Å². The fourth-order valence-electron chi connectivity index (χ4n) is 4.37. The first-order valence-corrected chi connectivity index (χ1v) is 11.0. The van der Waals surface area contributed by atoms with Gasteiger partial charge in [0, 0.05) is 44.2 Å². The number of carbonyl (C=O) groups excluding carboxylic acids is 1. The maximum Gasteiger partial charge on any atom is 0.273 e. The molecule has 0 saturated carbocycles. The van der Waals surface area contributed by atoms with Gasteiger partial charge in [0.2, 0.25) is 0 Å². The van der Waals surface area contributed by atoms with Crippen molar-refractivity contribution in [3.8, 4) is 17.3 Å². The molecule has 0 unspecified atom stereocenters. The summed E-state index contributed by atoms with van der Waals surface area (Å²) in [7, 11) is 0. The van der Waals surface area contributed by atoms with Gasteiger partial charge in [0.25, 0.3) is 11.8 Å². The summed E-state index contributed by atoms with van der Waals surface area (Å²) in [5, 5.41) is 9.92. The topological polar surface area (TPSA) is 69.9 Å². The number of benzene rings is 1. The van der Waals surface area contributed by atoms with Crippen molar-refractivity contribution in [2.24, 2.45) is 5.41 Å². The summed E-state index contributed by atoms with van der Waals surface area (Å²) in [6.07, 6.45) is 5.51. The summed E-state index contributed by atoms with van der Waals surface area (Å²) < 4.78 is 42.3. The van der Waals surface area contributed by atoms with E-state index >= 15 is 0 Å². The molecule has 1 fully saturated rings. The van der Waals surface area contributed by atoms with Crippen LogP contribution >= 0.6 is 0 Å². The van der Waals surface area contributed by atoms with Crippen LogP contribution in [0.3, 0.4) is 0 Å². The third kappa shape index (κ3) is 4.65. The Kier molecular flexibility index (Phi) is 6.38. The summed E-state index contributed by atoms with van der Waals surface area (Å²) in [6.45, 7) is 1.24. The number of hydrogen-bond acceptors (Lipinski definition) is 4. The largest absolute Gasteiger partial charge is 0.338 e. The van der Waals surface area contributed by atoms with E-state index in [2.05, 4.69) is 16.0 Å². The molecular weight excluding hydrogens is 441 g/mol. The quantitative estimate of drug-likeness (QED) is 0.508. The summed E-state index contributed by atoms with van der Waals surface area (Å²) in [5.41, 5.74) is 0.236. The molecule has 0 atom stereocenters. The molecule has 0 radical (unpaired) electrons. The number of hydrogen-bond donors (Lipinski definition) is 0.